The van der Waals surface area contributed by atoms with Gasteiger partial charge in [-0.15, -0.1) is 0 Å². The third-order valence-corrected chi connectivity index (χ3v) is 17.5. The molecule has 0 unspecified atom stereocenters. The summed E-state index contributed by atoms with van der Waals surface area (Å²) in [6, 6.07) is 101. The third kappa shape index (κ3) is 5.70. The van der Waals surface area contributed by atoms with E-state index in [1.54, 1.807) is 0 Å². The number of hydrogen-bond acceptors (Lipinski definition) is 2. The van der Waals surface area contributed by atoms with Gasteiger partial charge in [-0.25, -0.2) is 0 Å². The lowest BCUT2D eigenvalue weighted by atomic mass is 9.89. The van der Waals surface area contributed by atoms with Crippen LogP contribution in [0, 0.1) is 0 Å². The van der Waals surface area contributed by atoms with Crippen molar-refractivity contribution in [3.05, 3.63) is 267 Å². The summed E-state index contributed by atoms with van der Waals surface area (Å²) in [5.74, 6) is 0. The van der Waals surface area contributed by atoms with Crippen LogP contribution in [0.15, 0.2) is 267 Å². The highest BCUT2D eigenvalue weighted by Gasteiger charge is 2.28. The van der Waals surface area contributed by atoms with E-state index in [9.17, 15) is 0 Å². The molecular formula is C76H44N2. The van der Waals surface area contributed by atoms with Crippen LogP contribution < -0.4 is 9.80 Å². The minimum absolute atomic E-state index is 1.14. The summed E-state index contributed by atoms with van der Waals surface area (Å²) in [7, 11) is 0. The quantitative estimate of drug-likeness (QED) is 0.121. The van der Waals surface area contributed by atoms with Crippen LogP contribution in [0.1, 0.15) is 0 Å². The maximum absolute atomic E-state index is 2.61. The van der Waals surface area contributed by atoms with E-state index in [4.69, 9.17) is 0 Å². The van der Waals surface area contributed by atoms with E-state index in [-0.39, 0.29) is 0 Å². The van der Waals surface area contributed by atoms with Gasteiger partial charge in [-0.3, -0.25) is 0 Å². The number of fused-ring (bicyclic) bond motifs is 4. The van der Waals surface area contributed by atoms with Gasteiger partial charge in [0.2, 0.25) is 0 Å². The van der Waals surface area contributed by atoms with E-state index in [0.29, 0.717) is 0 Å². The second-order valence-corrected chi connectivity index (χ2v) is 21.5. The van der Waals surface area contributed by atoms with Crippen molar-refractivity contribution in [2.45, 2.75) is 0 Å². The zero-order valence-electron chi connectivity index (χ0n) is 42.3. The largest absolute Gasteiger partial charge is 0.308 e. The first-order valence-electron chi connectivity index (χ1n) is 27.2. The Kier molecular flexibility index (Phi) is 8.42. The van der Waals surface area contributed by atoms with Crippen molar-refractivity contribution in [3.8, 4) is 0 Å². The van der Waals surface area contributed by atoms with Gasteiger partial charge in [0.25, 0.3) is 0 Å². The molecule has 0 spiro atoms. The molecular weight excluding hydrogens is 941 g/mol. The van der Waals surface area contributed by atoms with Crippen LogP contribution in [0.4, 0.5) is 34.1 Å². The standard InChI is InChI=1S/C76H44N2/c1-5-19-57-53(11-1)43-54-12-2-6-20-58(54)75(57)77(65-39-31-49-25-23-45-15-9-17-47-27-35-61(65)71(49)69(45)47)67-41-33-51-30-38-64-68(42-34-52-29-37-63(67)73(51)74(52)64)78(76-59-21-7-3-13-55(59)44-56-14-4-8-22-60(56)76)66-40-32-50-26-24-46-16-10-18-48-28-36-62(66)72(50)70(46)48/h1-44H. The van der Waals surface area contributed by atoms with Gasteiger partial charge in [0.1, 0.15) is 0 Å². The molecule has 0 saturated carbocycles. The molecule has 2 heteroatoms. The normalized spacial score (nSPS) is 12.4. The van der Waals surface area contributed by atoms with Crippen molar-refractivity contribution in [2.24, 2.45) is 0 Å². The SMILES string of the molecule is c1ccc2c(N(c3ccc4ccc5cccc6ccc3c4c56)c3ccc4ccc5c(N(c6c7ccccc7cc7ccccc67)c6ccc7ccc8cccc9ccc6c7c89)ccc6ccc3c4c65)c3ccccc3cc2c1. The molecule has 0 bridgehead atoms. The lowest BCUT2D eigenvalue weighted by Gasteiger charge is -2.32. The van der Waals surface area contributed by atoms with E-state index in [0.717, 1.165) is 22.7 Å². The van der Waals surface area contributed by atoms with Gasteiger partial charge in [0, 0.05) is 43.1 Å². The predicted octanol–water partition coefficient (Wildman–Crippen LogP) is 21.9. The smallest absolute Gasteiger partial charge is 0.0618 e. The summed E-state index contributed by atoms with van der Waals surface area (Å²) in [4.78, 5) is 5.23. The van der Waals surface area contributed by atoms with Crippen molar-refractivity contribution < 1.29 is 0 Å². The fourth-order valence-electron chi connectivity index (χ4n) is 14.2. The van der Waals surface area contributed by atoms with Gasteiger partial charge in [-0.2, -0.15) is 0 Å². The number of benzene rings is 18. The Bertz CT molecular complexity index is 5050. The lowest BCUT2D eigenvalue weighted by molar-refractivity contribution is 1.34. The molecule has 0 aliphatic rings. The van der Waals surface area contributed by atoms with Crippen molar-refractivity contribution in [1.29, 1.82) is 0 Å². The van der Waals surface area contributed by atoms with Crippen LogP contribution in [0.3, 0.4) is 0 Å². The van der Waals surface area contributed by atoms with Gasteiger partial charge in [-0.05, 0) is 133 Å². The van der Waals surface area contributed by atoms with E-state index in [1.165, 1.54) is 151 Å². The maximum Gasteiger partial charge on any atom is 0.0618 e. The molecule has 0 amide bonds. The molecule has 0 fully saturated rings. The maximum atomic E-state index is 2.61. The summed E-state index contributed by atoms with van der Waals surface area (Å²) >= 11 is 0. The van der Waals surface area contributed by atoms with Crippen LogP contribution in [-0.2, 0) is 0 Å². The molecule has 0 N–H and O–H groups in total. The van der Waals surface area contributed by atoms with E-state index >= 15 is 0 Å². The minimum atomic E-state index is 1.14. The number of anilines is 6. The molecule has 18 aromatic carbocycles. The lowest BCUT2D eigenvalue weighted by Crippen LogP contribution is -2.13. The molecule has 0 atom stereocenters. The van der Waals surface area contributed by atoms with Gasteiger partial charge in [0.15, 0.2) is 0 Å². The van der Waals surface area contributed by atoms with Crippen LogP contribution in [0.25, 0.3) is 140 Å². The molecule has 18 rings (SSSR count). The van der Waals surface area contributed by atoms with Crippen molar-refractivity contribution >= 4 is 174 Å². The molecule has 18 aromatic rings. The zero-order chi connectivity index (χ0) is 50.7. The van der Waals surface area contributed by atoms with Crippen LogP contribution >= 0.6 is 0 Å². The van der Waals surface area contributed by atoms with E-state index < -0.39 is 0 Å². The van der Waals surface area contributed by atoms with Crippen molar-refractivity contribution in [1.82, 2.24) is 0 Å². The fraction of sp³-hybridized carbons (Fsp3) is 0. The van der Waals surface area contributed by atoms with Gasteiger partial charge in [-0.1, -0.05) is 231 Å². The fourth-order valence-corrected chi connectivity index (χ4v) is 14.2. The topological polar surface area (TPSA) is 6.48 Å². The molecule has 0 aliphatic carbocycles. The van der Waals surface area contributed by atoms with Crippen LogP contribution in [-0.4, -0.2) is 0 Å². The molecule has 2 nitrogen and oxygen atoms in total. The molecule has 358 valence electrons. The number of hydrogen-bond donors (Lipinski definition) is 0. The summed E-state index contributed by atoms with van der Waals surface area (Å²) in [5.41, 5.74) is 6.95. The first-order valence-corrected chi connectivity index (χ1v) is 27.2. The second-order valence-electron chi connectivity index (χ2n) is 21.5. The first kappa shape index (κ1) is 42.0. The van der Waals surface area contributed by atoms with Crippen molar-refractivity contribution in [3.63, 3.8) is 0 Å². The Labute approximate surface area is 448 Å². The Balaban J connectivity index is 0.969. The molecule has 0 aliphatic heterocycles. The van der Waals surface area contributed by atoms with Gasteiger partial charge in [0.05, 0.1) is 34.1 Å². The van der Waals surface area contributed by atoms with E-state index in [2.05, 4.69) is 277 Å². The molecule has 0 radical (unpaired) electrons. The monoisotopic (exact) mass is 984 g/mol. The predicted molar refractivity (Wildman–Crippen MR) is 337 cm³/mol. The van der Waals surface area contributed by atoms with Crippen molar-refractivity contribution in [2.75, 3.05) is 9.80 Å². The molecule has 0 aromatic heterocycles. The average molecular weight is 985 g/mol. The number of rotatable bonds is 6. The van der Waals surface area contributed by atoms with Gasteiger partial charge >= 0.3 is 0 Å². The molecule has 0 heterocycles. The second kappa shape index (κ2) is 15.6. The minimum Gasteiger partial charge on any atom is -0.308 e. The Hall–Kier alpha value is -10.3. The Morgan fingerprint density at radius 2 is 0.372 bits per heavy atom. The highest BCUT2D eigenvalue weighted by molar-refractivity contribution is 6.33. The highest BCUT2D eigenvalue weighted by Crippen LogP contribution is 2.54. The summed E-state index contributed by atoms with van der Waals surface area (Å²) in [6.07, 6.45) is 0. The summed E-state index contributed by atoms with van der Waals surface area (Å²) < 4.78 is 0. The Morgan fingerprint density at radius 3 is 0.667 bits per heavy atom. The average Bonchev–Trinajstić information content (AvgIpc) is 3.58. The number of nitrogens with zero attached hydrogens (tertiary/aromatic N) is 2. The van der Waals surface area contributed by atoms with Crippen LogP contribution in [0.5, 0.6) is 0 Å². The molecule has 78 heavy (non-hydrogen) atoms. The first-order chi connectivity index (χ1) is 38.7. The van der Waals surface area contributed by atoms with E-state index in [1.807, 2.05) is 0 Å². The molecule has 0 saturated heterocycles. The van der Waals surface area contributed by atoms with Crippen LogP contribution in [0.2, 0.25) is 0 Å². The third-order valence-electron chi connectivity index (χ3n) is 17.5. The zero-order valence-corrected chi connectivity index (χ0v) is 42.3. The Morgan fingerprint density at radius 1 is 0.154 bits per heavy atom. The summed E-state index contributed by atoms with van der Waals surface area (Å²) in [6.45, 7) is 0. The highest BCUT2D eigenvalue weighted by atomic mass is 15.2. The van der Waals surface area contributed by atoms with Gasteiger partial charge < -0.3 is 9.80 Å². The summed E-state index contributed by atoms with van der Waals surface area (Å²) in [5, 5.41) is 32.3.